The largest absolute Gasteiger partial charge is 0.497 e. The number of hydrogen-bond acceptors (Lipinski definition) is 5. The van der Waals surface area contributed by atoms with Gasteiger partial charge in [0.05, 0.1) is 17.7 Å². The Morgan fingerprint density at radius 2 is 1.54 bits per heavy atom. The van der Waals surface area contributed by atoms with Gasteiger partial charge in [0.25, 0.3) is 10.0 Å². The lowest BCUT2D eigenvalue weighted by Crippen LogP contribution is -2.54. The van der Waals surface area contributed by atoms with Crippen molar-refractivity contribution in [3.8, 4) is 5.75 Å². The van der Waals surface area contributed by atoms with Crippen molar-refractivity contribution in [2.24, 2.45) is 0 Å². The van der Waals surface area contributed by atoms with Crippen molar-refractivity contribution in [1.82, 2.24) is 10.2 Å². The molecule has 0 aliphatic rings. The summed E-state index contributed by atoms with van der Waals surface area (Å²) >= 11 is 0. The van der Waals surface area contributed by atoms with E-state index >= 15 is 0 Å². The van der Waals surface area contributed by atoms with E-state index in [1.165, 1.54) is 61.4 Å². The molecule has 0 heterocycles. The second-order valence-electron chi connectivity index (χ2n) is 10.1. The molecule has 0 unspecified atom stereocenters. The molecule has 0 aromatic heterocycles. The fourth-order valence-corrected chi connectivity index (χ4v) is 5.30. The van der Waals surface area contributed by atoms with Crippen molar-refractivity contribution in [2.45, 2.75) is 50.7 Å². The SMILES string of the molecule is COc1ccc(N(CC(=O)N(Cc2ccccc2F)[C@H](C)C(=O)NC(C)(C)C)S(=O)(=O)c2ccccc2)cc1. The molecule has 0 saturated carbocycles. The molecule has 10 heteroatoms. The lowest BCUT2D eigenvalue weighted by Gasteiger charge is -2.33. The molecule has 0 spiro atoms. The number of sulfonamides is 1. The van der Waals surface area contributed by atoms with Crippen molar-refractivity contribution >= 4 is 27.5 Å². The first kappa shape index (κ1) is 29.6. The van der Waals surface area contributed by atoms with Gasteiger partial charge in [0.1, 0.15) is 24.2 Å². The molecule has 208 valence electrons. The number of nitrogens with zero attached hydrogens (tertiary/aromatic N) is 2. The van der Waals surface area contributed by atoms with Gasteiger partial charge in [-0.05, 0) is 70.2 Å². The van der Waals surface area contributed by atoms with Gasteiger partial charge >= 0.3 is 0 Å². The third-order valence-electron chi connectivity index (χ3n) is 5.93. The van der Waals surface area contributed by atoms with Crippen LogP contribution in [0.5, 0.6) is 5.75 Å². The maximum Gasteiger partial charge on any atom is 0.264 e. The first-order valence-corrected chi connectivity index (χ1v) is 13.8. The Hall–Kier alpha value is -3.92. The van der Waals surface area contributed by atoms with Gasteiger partial charge in [0.2, 0.25) is 11.8 Å². The van der Waals surface area contributed by atoms with Crippen LogP contribution < -0.4 is 14.4 Å². The van der Waals surface area contributed by atoms with E-state index in [9.17, 15) is 22.4 Å². The summed E-state index contributed by atoms with van der Waals surface area (Å²) in [6.07, 6.45) is 0. The Balaban J connectivity index is 2.04. The minimum absolute atomic E-state index is 0.00667. The van der Waals surface area contributed by atoms with Crippen molar-refractivity contribution in [3.63, 3.8) is 0 Å². The van der Waals surface area contributed by atoms with Gasteiger partial charge < -0.3 is 15.0 Å². The number of amides is 2. The molecule has 3 aromatic rings. The van der Waals surface area contributed by atoms with Gasteiger partial charge in [0.15, 0.2) is 0 Å². The van der Waals surface area contributed by atoms with Crippen LogP contribution in [0.15, 0.2) is 83.8 Å². The summed E-state index contributed by atoms with van der Waals surface area (Å²) in [5, 5.41) is 2.84. The quantitative estimate of drug-likeness (QED) is 0.401. The first-order valence-electron chi connectivity index (χ1n) is 12.4. The normalized spacial score (nSPS) is 12.4. The Kier molecular flexibility index (Phi) is 9.34. The molecular weight excluding hydrogens is 521 g/mol. The van der Waals surface area contributed by atoms with E-state index < -0.39 is 45.8 Å². The Morgan fingerprint density at radius 1 is 0.949 bits per heavy atom. The predicted molar refractivity (Wildman–Crippen MR) is 148 cm³/mol. The number of rotatable bonds is 10. The molecule has 0 fully saturated rings. The summed E-state index contributed by atoms with van der Waals surface area (Å²) < 4.78 is 48.2. The highest BCUT2D eigenvalue weighted by molar-refractivity contribution is 7.92. The molecule has 0 saturated heterocycles. The average Bonchev–Trinajstić information content (AvgIpc) is 2.90. The molecule has 1 atom stereocenters. The average molecular weight is 556 g/mol. The second-order valence-corrected chi connectivity index (χ2v) is 11.9. The first-order chi connectivity index (χ1) is 18.3. The summed E-state index contributed by atoms with van der Waals surface area (Å²) in [6, 6.07) is 18.9. The summed E-state index contributed by atoms with van der Waals surface area (Å²) in [7, 11) is -2.70. The minimum atomic E-state index is -4.19. The molecule has 2 amide bonds. The van der Waals surface area contributed by atoms with E-state index in [1.807, 2.05) is 0 Å². The molecule has 0 aliphatic heterocycles. The van der Waals surface area contributed by atoms with Gasteiger partial charge in [-0.15, -0.1) is 0 Å². The van der Waals surface area contributed by atoms with Crippen LogP contribution in [0.3, 0.4) is 0 Å². The third-order valence-corrected chi connectivity index (χ3v) is 7.72. The summed E-state index contributed by atoms with van der Waals surface area (Å²) in [6.45, 7) is 6.09. The summed E-state index contributed by atoms with van der Waals surface area (Å²) in [5.74, 6) is -1.15. The molecule has 8 nitrogen and oxygen atoms in total. The Morgan fingerprint density at radius 3 is 2.10 bits per heavy atom. The van der Waals surface area contributed by atoms with Gasteiger partial charge in [-0.1, -0.05) is 36.4 Å². The van der Waals surface area contributed by atoms with Crippen LogP contribution in [0.1, 0.15) is 33.3 Å². The van der Waals surface area contributed by atoms with Crippen molar-refractivity contribution in [2.75, 3.05) is 18.0 Å². The number of ether oxygens (including phenoxy) is 1. The van der Waals surface area contributed by atoms with E-state index in [1.54, 1.807) is 57.2 Å². The highest BCUT2D eigenvalue weighted by Gasteiger charge is 2.33. The van der Waals surface area contributed by atoms with Crippen LogP contribution in [-0.4, -0.2) is 50.4 Å². The molecular formula is C29H34FN3O5S. The molecule has 1 N–H and O–H groups in total. The monoisotopic (exact) mass is 555 g/mol. The third kappa shape index (κ3) is 7.57. The van der Waals surface area contributed by atoms with Gasteiger partial charge in [0, 0.05) is 17.6 Å². The fraction of sp³-hybridized carbons (Fsp3) is 0.310. The minimum Gasteiger partial charge on any atom is -0.497 e. The van der Waals surface area contributed by atoms with Crippen LogP contribution in [0, 0.1) is 5.82 Å². The van der Waals surface area contributed by atoms with Gasteiger partial charge in [-0.2, -0.15) is 0 Å². The number of nitrogens with one attached hydrogen (secondary N) is 1. The van der Waals surface area contributed by atoms with E-state index in [0.29, 0.717) is 5.75 Å². The van der Waals surface area contributed by atoms with Crippen LogP contribution >= 0.6 is 0 Å². The number of methoxy groups -OCH3 is 1. The van der Waals surface area contributed by atoms with Crippen molar-refractivity contribution in [3.05, 3.63) is 90.2 Å². The van der Waals surface area contributed by atoms with E-state index in [-0.39, 0.29) is 22.7 Å². The predicted octanol–water partition coefficient (Wildman–Crippen LogP) is 4.36. The zero-order valence-electron chi connectivity index (χ0n) is 22.7. The molecule has 0 bridgehead atoms. The summed E-state index contributed by atoms with van der Waals surface area (Å²) in [5.41, 5.74) is -0.155. The van der Waals surface area contributed by atoms with Gasteiger partial charge in [-0.3, -0.25) is 13.9 Å². The van der Waals surface area contributed by atoms with Crippen molar-refractivity contribution in [1.29, 1.82) is 0 Å². The van der Waals surface area contributed by atoms with Crippen LogP contribution in [0.2, 0.25) is 0 Å². The van der Waals surface area contributed by atoms with Crippen molar-refractivity contribution < 1.29 is 27.1 Å². The number of halogens is 1. The molecule has 3 rings (SSSR count). The standard InChI is InChI=1S/C29H34FN3O5S/c1-21(28(35)31-29(2,3)4)32(19-22-11-9-10-14-26(22)30)27(34)20-33(23-15-17-24(38-5)18-16-23)39(36,37)25-12-7-6-8-13-25/h6-18,21H,19-20H2,1-5H3,(H,31,35)/t21-/m1/s1. The number of carbonyl (C=O) groups excluding carboxylic acids is 2. The number of carbonyl (C=O) groups is 2. The molecule has 3 aromatic carbocycles. The second kappa shape index (κ2) is 12.3. The maximum absolute atomic E-state index is 14.6. The Labute approximate surface area is 229 Å². The van der Waals surface area contributed by atoms with E-state index in [0.717, 1.165) is 4.31 Å². The molecule has 0 radical (unpaired) electrons. The van der Waals surface area contributed by atoms with E-state index in [2.05, 4.69) is 5.32 Å². The zero-order chi connectivity index (χ0) is 28.8. The number of hydrogen-bond donors (Lipinski definition) is 1. The zero-order valence-corrected chi connectivity index (χ0v) is 23.5. The van der Waals surface area contributed by atoms with Crippen LogP contribution in [-0.2, 0) is 26.2 Å². The summed E-state index contributed by atoms with van der Waals surface area (Å²) in [4.78, 5) is 28.1. The maximum atomic E-state index is 14.6. The van der Waals surface area contributed by atoms with Crippen LogP contribution in [0.4, 0.5) is 10.1 Å². The highest BCUT2D eigenvalue weighted by atomic mass is 32.2. The lowest BCUT2D eigenvalue weighted by molar-refractivity contribution is -0.140. The lowest BCUT2D eigenvalue weighted by atomic mass is 10.1. The highest BCUT2D eigenvalue weighted by Crippen LogP contribution is 2.26. The molecule has 0 aliphatic carbocycles. The van der Waals surface area contributed by atoms with Gasteiger partial charge in [-0.25, -0.2) is 12.8 Å². The smallest absolute Gasteiger partial charge is 0.264 e. The number of benzene rings is 3. The van der Waals surface area contributed by atoms with E-state index in [4.69, 9.17) is 4.74 Å². The molecule has 39 heavy (non-hydrogen) atoms. The number of anilines is 1. The Bertz CT molecular complexity index is 1390. The fourth-order valence-electron chi connectivity index (χ4n) is 3.86. The topological polar surface area (TPSA) is 96.0 Å². The van der Waals surface area contributed by atoms with Crippen LogP contribution in [0.25, 0.3) is 0 Å².